The number of hydrogen-bond acceptors (Lipinski definition) is 4. The number of pyridine rings is 1. The van der Waals surface area contributed by atoms with Gasteiger partial charge in [0.15, 0.2) is 0 Å². The molecule has 1 atom stereocenters. The SMILES string of the molecule is COc1cc(N2C[C@H](C)n3ncc(-c4cc(C)nc(C)c4)c3C2=O)ccc1C(F)(F)F. The first-order valence-electron chi connectivity index (χ1n) is 9.70. The van der Waals surface area contributed by atoms with Crippen LogP contribution in [0.1, 0.15) is 40.4 Å². The van der Waals surface area contributed by atoms with E-state index < -0.39 is 11.7 Å². The number of anilines is 1. The van der Waals surface area contributed by atoms with Crippen molar-refractivity contribution in [3.05, 3.63) is 59.2 Å². The first kappa shape index (κ1) is 20.9. The zero-order chi connectivity index (χ0) is 22.5. The maximum absolute atomic E-state index is 13.5. The Hall–Kier alpha value is -3.36. The minimum absolute atomic E-state index is 0.168. The molecular formula is C22H21F3N4O2. The Bertz CT molecular complexity index is 1150. The summed E-state index contributed by atoms with van der Waals surface area (Å²) < 4.78 is 46.3. The molecule has 0 N–H and O–H groups in total. The second kappa shape index (κ2) is 7.40. The summed E-state index contributed by atoms with van der Waals surface area (Å²) in [5.74, 6) is -0.662. The van der Waals surface area contributed by atoms with Gasteiger partial charge in [-0.2, -0.15) is 18.3 Å². The Labute approximate surface area is 177 Å². The number of carbonyl (C=O) groups excluding carboxylic acids is 1. The Kier molecular flexibility index (Phi) is 4.99. The minimum Gasteiger partial charge on any atom is -0.496 e. The first-order valence-corrected chi connectivity index (χ1v) is 9.70. The van der Waals surface area contributed by atoms with Crippen LogP contribution in [-0.4, -0.2) is 34.3 Å². The lowest BCUT2D eigenvalue weighted by molar-refractivity contribution is -0.138. The molecule has 1 aromatic carbocycles. The van der Waals surface area contributed by atoms with Crippen molar-refractivity contribution in [1.82, 2.24) is 14.8 Å². The van der Waals surface area contributed by atoms with Gasteiger partial charge in [-0.3, -0.25) is 14.5 Å². The highest BCUT2D eigenvalue weighted by molar-refractivity contribution is 6.10. The van der Waals surface area contributed by atoms with Crippen molar-refractivity contribution < 1.29 is 22.7 Å². The zero-order valence-electron chi connectivity index (χ0n) is 17.5. The van der Waals surface area contributed by atoms with Crippen LogP contribution in [0.25, 0.3) is 11.1 Å². The van der Waals surface area contributed by atoms with Crippen molar-refractivity contribution >= 4 is 11.6 Å². The van der Waals surface area contributed by atoms with Gasteiger partial charge in [0.1, 0.15) is 11.4 Å². The molecule has 0 radical (unpaired) electrons. The fourth-order valence-electron chi connectivity index (χ4n) is 3.97. The van der Waals surface area contributed by atoms with Gasteiger partial charge in [0.25, 0.3) is 5.91 Å². The highest BCUT2D eigenvalue weighted by Crippen LogP contribution is 2.40. The zero-order valence-corrected chi connectivity index (χ0v) is 17.5. The number of halogens is 3. The molecule has 162 valence electrons. The molecule has 9 heteroatoms. The number of carbonyl (C=O) groups is 1. The van der Waals surface area contributed by atoms with Crippen LogP contribution < -0.4 is 9.64 Å². The molecule has 31 heavy (non-hydrogen) atoms. The summed E-state index contributed by atoms with van der Waals surface area (Å²) in [5.41, 5.74) is 2.95. The van der Waals surface area contributed by atoms with E-state index in [1.54, 1.807) is 10.9 Å². The number of ether oxygens (including phenoxy) is 1. The number of alkyl halides is 3. The van der Waals surface area contributed by atoms with Crippen molar-refractivity contribution in [2.24, 2.45) is 0 Å². The van der Waals surface area contributed by atoms with E-state index in [0.717, 1.165) is 23.0 Å². The van der Waals surface area contributed by atoms with Crippen LogP contribution in [0, 0.1) is 13.8 Å². The molecule has 0 unspecified atom stereocenters. The van der Waals surface area contributed by atoms with Crippen LogP contribution in [-0.2, 0) is 6.18 Å². The lowest BCUT2D eigenvalue weighted by atomic mass is 10.0. The van der Waals surface area contributed by atoms with Gasteiger partial charge in [0.2, 0.25) is 0 Å². The second-order valence-electron chi connectivity index (χ2n) is 7.64. The second-order valence-corrected chi connectivity index (χ2v) is 7.64. The highest BCUT2D eigenvalue weighted by atomic mass is 19.4. The van der Waals surface area contributed by atoms with Crippen LogP contribution in [0.5, 0.6) is 5.75 Å². The van der Waals surface area contributed by atoms with Crippen LogP contribution in [0.2, 0.25) is 0 Å². The van der Waals surface area contributed by atoms with E-state index in [2.05, 4.69) is 10.1 Å². The van der Waals surface area contributed by atoms with E-state index in [9.17, 15) is 18.0 Å². The monoisotopic (exact) mass is 430 g/mol. The number of amides is 1. The fraction of sp³-hybridized carbons (Fsp3) is 0.318. The van der Waals surface area contributed by atoms with Gasteiger partial charge >= 0.3 is 6.18 Å². The molecule has 0 bridgehead atoms. The summed E-state index contributed by atoms with van der Waals surface area (Å²) in [4.78, 5) is 19.3. The van der Waals surface area contributed by atoms with Crippen LogP contribution in [0.15, 0.2) is 36.5 Å². The largest absolute Gasteiger partial charge is 0.496 e. The molecule has 0 saturated carbocycles. The predicted molar refractivity (Wildman–Crippen MR) is 109 cm³/mol. The van der Waals surface area contributed by atoms with Gasteiger partial charge in [0, 0.05) is 35.2 Å². The molecule has 1 amide bonds. The Morgan fingerprint density at radius 1 is 1.13 bits per heavy atom. The molecule has 6 nitrogen and oxygen atoms in total. The number of benzene rings is 1. The first-order chi connectivity index (χ1) is 14.6. The van der Waals surface area contributed by atoms with Crippen LogP contribution >= 0.6 is 0 Å². The van der Waals surface area contributed by atoms with Gasteiger partial charge in [-0.1, -0.05) is 0 Å². The van der Waals surface area contributed by atoms with Crippen molar-refractivity contribution in [2.45, 2.75) is 33.0 Å². The van der Waals surface area contributed by atoms with Gasteiger partial charge in [0.05, 0.1) is 24.9 Å². The van der Waals surface area contributed by atoms with E-state index in [0.29, 0.717) is 16.9 Å². The molecule has 3 heterocycles. The van der Waals surface area contributed by atoms with E-state index >= 15 is 0 Å². The number of methoxy groups -OCH3 is 1. The molecule has 4 rings (SSSR count). The van der Waals surface area contributed by atoms with Gasteiger partial charge in [-0.15, -0.1) is 0 Å². The number of rotatable bonds is 3. The maximum Gasteiger partial charge on any atom is 0.419 e. The summed E-state index contributed by atoms with van der Waals surface area (Å²) in [6, 6.07) is 7.07. The van der Waals surface area contributed by atoms with E-state index in [1.165, 1.54) is 24.1 Å². The van der Waals surface area contributed by atoms with Crippen LogP contribution in [0.3, 0.4) is 0 Å². The van der Waals surface area contributed by atoms with Crippen molar-refractivity contribution in [3.63, 3.8) is 0 Å². The maximum atomic E-state index is 13.5. The lowest BCUT2D eigenvalue weighted by Gasteiger charge is -2.32. The molecular weight excluding hydrogens is 409 g/mol. The molecule has 0 aliphatic carbocycles. The fourth-order valence-corrected chi connectivity index (χ4v) is 3.97. The molecule has 0 spiro atoms. The average Bonchev–Trinajstić information content (AvgIpc) is 3.15. The Morgan fingerprint density at radius 3 is 2.42 bits per heavy atom. The third-order valence-corrected chi connectivity index (χ3v) is 5.30. The molecule has 1 aliphatic heterocycles. The number of nitrogens with zero attached hydrogens (tertiary/aromatic N) is 4. The van der Waals surface area contributed by atoms with Gasteiger partial charge in [-0.05, 0) is 50.6 Å². The quantitative estimate of drug-likeness (QED) is 0.598. The molecule has 3 aromatic rings. The Balaban J connectivity index is 1.80. The normalized spacial score (nSPS) is 16.4. The number of aryl methyl sites for hydroxylation is 2. The smallest absolute Gasteiger partial charge is 0.419 e. The van der Waals surface area contributed by atoms with Gasteiger partial charge in [-0.25, -0.2) is 0 Å². The standard InChI is InChI=1S/C22H21F3N4O2/c1-12-7-15(8-13(2)27-12)17-10-26-29-14(3)11-28(21(30)20(17)29)16-5-6-18(22(23,24)25)19(9-16)31-4/h5-10,14H,11H2,1-4H3/t14-/m0/s1. The van der Waals surface area contributed by atoms with E-state index in [4.69, 9.17) is 4.74 Å². The van der Waals surface area contributed by atoms with Crippen molar-refractivity contribution in [1.29, 1.82) is 0 Å². The minimum atomic E-state index is -4.55. The number of aromatic nitrogens is 3. The Morgan fingerprint density at radius 2 is 1.81 bits per heavy atom. The number of fused-ring (bicyclic) bond motifs is 1. The predicted octanol–water partition coefficient (Wildman–Crippen LogP) is 4.81. The van der Waals surface area contributed by atoms with Gasteiger partial charge < -0.3 is 9.64 Å². The average molecular weight is 430 g/mol. The summed E-state index contributed by atoms with van der Waals surface area (Å²) in [5, 5.41) is 4.41. The molecule has 1 aliphatic rings. The van der Waals surface area contributed by atoms with E-state index in [1.807, 2.05) is 32.9 Å². The molecule has 2 aromatic heterocycles. The summed E-state index contributed by atoms with van der Waals surface area (Å²) >= 11 is 0. The van der Waals surface area contributed by atoms with Crippen molar-refractivity contribution in [2.75, 3.05) is 18.6 Å². The highest BCUT2D eigenvalue weighted by Gasteiger charge is 2.37. The molecule has 0 fully saturated rings. The lowest BCUT2D eigenvalue weighted by Crippen LogP contribution is -2.42. The topological polar surface area (TPSA) is 60.2 Å². The third kappa shape index (κ3) is 3.64. The summed E-state index contributed by atoms with van der Waals surface area (Å²) in [6.07, 6.45) is -2.90. The van der Waals surface area contributed by atoms with Crippen molar-refractivity contribution in [3.8, 4) is 16.9 Å². The third-order valence-electron chi connectivity index (χ3n) is 5.30. The number of hydrogen-bond donors (Lipinski definition) is 0. The summed E-state index contributed by atoms with van der Waals surface area (Å²) in [6.45, 7) is 5.93. The molecule has 0 saturated heterocycles. The summed E-state index contributed by atoms with van der Waals surface area (Å²) in [7, 11) is 1.18. The van der Waals surface area contributed by atoms with Crippen LogP contribution in [0.4, 0.5) is 18.9 Å². The van der Waals surface area contributed by atoms with E-state index in [-0.39, 0.29) is 24.2 Å².